The molecule has 0 bridgehead atoms. The second kappa shape index (κ2) is 10.7. The number of aromatic nitrogens is 1. The number of halogens is 1. The maximum Gasteiger partial charge on any atom is 0.271 e. The van der Waals surface area contributed by atoms with Crippen LogP contribution in [0, 0.1) is 25.2 Å². The molecular weight excluding hydrogens is 460 g/mol. The third kappa shape index (κ3) is 5.60. The lowest BCUT2D eigenvalue weighted by molar-refractivity contribution is 0.0955. The third-order valence-corrected chi connectivity index (χ3v) is 5.83. The van der Waals surface area contributed by atoms with Crippen molar-refractivity contribution in [1.82, 2.24) is 9.99 Å². The first-order chi connectivity index (χ1) is 17.0. The quantitative estimate of drug-likeness (QED) is 0.260. The average Bonchev–Trinajstić information content (AvgIpc) is 3.16. The Balaban J connectivity index is 1.43. The molecular formula is C28H23ClN4O2. The van der Waals surface area contributed by atoms with Crippen LogP contribution in [0.4, 0.5) is 0 Å². The Bertz CT molecular complexity index is 1420. The molecule has 1 amide bonds. The van der Waals surface area contributed by atoms with E-state index in [2.05, 4.69) is 21.2 Å². The highest BCUT2D eigenvalue weighted by Gasteiger charge is 2.10. The van der Waals surface area contributed by atoms with Crippen molar-refractivity contribution in [2.45, 2.75) is 20.5 Å². The summed E-state index contributed by atoms with van der Waals surface area (Å²) >= 11 is 5.87. The summed E-state index contributed by atoms with van der Waals surface area (Å²) in [7, 11) is 0. The predicted molar refractivity (Wildman–Crippen MR) is 137 cm³/mol. The van der Waals surface area contributed by atoms with Crippen LogP contribution in [-0.4, -0.2) is 16.7 Å². The standard InChI is InChI=1S/C28H23ClN4O2/c1-19-15-24(17-31-32-28(34)21-7-9-25(29)10-8-21)20(2)33(19)26-11-13-27(14-12-26)35-18-23-6-4-3-5-22(23)16-30/h3-15,17H,18H2,1-2H3,(H,32,34)/b31-17-. The summed E-state index contributed by atoms with van der Waals surface area (Å²) in [4.78, 5) is 12.2. The van der Waals surface area contributed by atoms with Gasteiger partial charge in [-0.15, -0.1) is 0 Å². The van der Waals surface area contributed by atoms with Gasteiger partial charge in [0, 0.05) is 38.8 Å². The number of carbonyl (C=O) groups excluding carboxylic acids is 1. The molecule has 4 rings (SSSR count). The largest absolute Gasteiger partial charge is 0.489 e. The fraction of sp³-hybridized carbons (Fsp3) is 0.107. The number of hydrazone groups is 1. The van der Waals surface area contributed by atoms with Crippen molar-refractivity contribution in [3.63, 3.8) is 0 Å². The molecule has 6 nitrogen and oxygen atoms in total. The Labute approximate surface area is 209 Å². The maximum atomic E-state index is 12.2. The molecule has 0 unspecified atom stereocenters. The fourth-order valence-corrected chi connectivity index (χ4v) is 3.88. The number of amides is 1. The van der Waals surface area contributed by atoms with E-state index in [1.54, 1.807) is 36.5 Å². The zero-order valence-corrected chi connectivity index (χ0v) is 20.1. The van der Waals surface area contributed by atoms with Crippen LogP contribution >= 0.6 is 11.6 Å². The molecule has 1 aromatic heterocycles. The van der Waals surface area contributed by atoms with E-state index < -0.39 is 0 Å². The molecule has 0 radical (unpaired) electrons. The van der Waals surface area contributed by atoms with Gasteiger partial charge in [-0.2, -0.15) is 10.4 Å². The van der Waals surface area contributed by atoms with Gasteiger partial charge in [-0.25, -0.2) is 5.43 Å². The van der Waals surface area contributed by atoms with E-state index in [1.165, 1.54) is 0 Å². The topological polar surface area (TPSA) is 79.4 Å². The van der Waals surface area contributed by atoms with Gasteiger partial charge < -0.3 is 9.30 Å². The van der Waals surface area contributed by atoms with E-state index in [9.17, 15) is 10.1 Å². The van der Waals surface area contributed by atoms with Crippen molar-refractivity contribution in [3.05, 3.63) is 118 Å². The second-order valence-corrected chi connectivity index (χ2v) is 8.36. The molecule has 0 spiro atoms. The number of benzene rings is 3. The van der Waals surface area contributed by atoms with Crippen molar-refractivity contribution in [1.29, 1.82) is 5.26 Å². The number of ether oxygens (including phenoxy) is 1. The van der Waals surface area contributed by atoms with E-state index in [4.69, 9.17) is 16.3 Å². The first-order valence-electron chi connectivity index (χ1n) is 11.0. The van der Waals surface area contributed by atoms with Crippen LogP contribution in [0.2, 0.25) is 5.02 Å². The van der Waals surface area contributed by atoms with Crippen molar-refractivity contribution >= 4 is 23.7 Å². The Kier molecular flexibility index (Phi) is 7.30. The fourth-order valence-electron chi connectivity index (χ4n) is 3.75. The van der Waals surface area contributed by atoms with Crippen LogP contribution in [-0.2, 0) is 6.61 Å². The molecule has 0 saturated carbocycles. The number of hydrogen-bond donors (Lipinski definition) is 1. The first kappa shape index (κ1) is 23.8. The molecule has 0 saturated heterocycles. The lowest BCUT2D eigenvalue weighted by Gasteiger charge is -2.12. The molecule has 3 aromatic carbocycles. The first-order valence-corrected chi connectivity index (χ1v) is 11.3. The molecule has 4 aromatic rings. The van der Waals surface area contributed by atoms with Gasteiger partial charge in [0.1, 0.15) is 12.4 Å². The number of hydrogen-bond acceptors (Lipinski definition) is 4. The van der Waals surface area contributed by atoms with Gasteiger partial charge in [0.05, 0.1) is 17.8 Å². The van der Waals surface area contributed by atoms with Crippen LogP contribution in [0.25, 0.3) is 5.69 Å². The zero-order valence-electron chi connectivity index (χ0n) is 19.3. The summed E-state index contributed by atoms with van der Waals surface area (Å²) in [5, 5.41) is 13.9. The summed E-state index contributed by atoms with van der Waals surface area (Å²) in [5.41, 5.74) is 8.39. The molecule has 0 aliphatic rings. The number of nitrogens with zero attached hydrogens (tertiary/aromatic N) is 3. The van der Waals surface area contributed by atoms with Crippen LogP contribution in [0.3, 0.4) is 0 Å². The van der Waals surface area contributed by atoms with Crippen molar-refractivity contribution < 1.29 is 9.53 Å². The minimum absolute atomic E-state index is 0.306. The van der Waals surface area contributed by atoms with Crippen molar-refractivity contribution in [2.75, 3.05) is 0 Å². The van der Waals surface area contributed by atoms with E-state index in [0.717, 1.165) is 34.0 Å². The van der Waals surface area contributed by atoms with Crippen LogP contribution in [0.1, 0.15) is 38.4 Å². The average molecular weight is 483 g/mol. The highest BCUT2D eigenvalue weighted by molar-refractivity contribution is 6.30. The summed E-state index contributed by atoms with van der Waals surface area (Å²) in [6.45, 7) is 4.34. The maximum absolute atomic E-state index is 12.2. The van der Waals surface area contributed by atoms with E-state index >= 15 is 0 Å². The molecule has 1 heterocycles. The van der Waals surface area contributed by atoms with E-state index in [1.807, 2.05) is 62.4 Å². The number of aryl methyl sites for hydroxylation is 1. The van der Waals surface area contributed by atoms with Gasteiger partial charge in [-0.3, -0.25) is 4.79 Å². The van der Waals surface area contributed by atoms with Crippen LogP contribution in [0.15, 0.2) is 84.0 Å². The number of rotatable bonds is 7. The minimum Gasteiger partial charge on any atom is -0.489 e. The third-order valence-electron chi connectivity index (χ3n) is 5.57. The van der Waals surface area contributed by atoms with Gasteiger partial charge in [0.2, 0.25) is 0 Å². The van der Waals surface area contributed by atoms with E-state index in [-0.39, 0.29) is 5.91 Å². The summed E-state index contributed by atoms with van der Waals surface area (Å²) in [6, 6.07) is 26.0. The van der Waals surface area contributed by atoms with Gasteiger partial charge in [-0.05, 0) is 74.5 Å². The summed E-state index contributed by atoms with van der Waals surface area (Å²) in [5.74, 6) is 0.412. The number of carbonyl (C=O) groups is 1. The molecule has 0 fully saturated rings. The van der Waals surface area contributed by atoms with Gasteiger partial charge in [0.15, 0.2) is 0 Å². The highest BCUT2D eigenvalue weighted by Crippen LogP contribution is 2.23. The van der Waals surface area contributed by atoms with Gasteiger partial charge in [-0.1, -0.05) is 29.8 Å². The Morgan fingerprint density at radius 1 is 1.09 bits per heavy atom. The van der Waals surface area contributed by atoms with E-state index in [0.29, 0.717) is 22.8 Å². The lowest BCUT2D eigenvalue weighted by Crippen LogP contribution is -2.17. The van der Waals surface area contributed by atoms with Crippen molar-refractivity contribution in [3.8, 4) is 17.5 Å². The molecule has 0 atom stereocenters. The zero-order chi connectivity index (χ0) is 24.8. The summed E-state index contributed by atoms with van der Waals surface area (Å²) in [6.07, 6.45) is 1.64. The second-order valence-electron chi connectivity index (χ2n) is 7.92. The number of nitrogens with one attached hydrogen (secondary N) is 1. The lowest BCUT2D eigenvalue weighted by atomic mass is 10.1. The van der Waals surface area contributed by atoms with Crippen LogP contribution in [0.5, 0.6) is 5.75 Å². The predicted octanol–water partition coefficient (Wildman–Crippen LogP) is 5.96. The Morgan fingerprint density at radius 2 is 1.80 bits per heavy atom. The van der Waals surface area contributed by atoms with Gasteiger partial charge >= 0.3 is 0 Å². The normalized spacial score (nSPS) is 10.8. The molecule has 0 aliphatic carbocycles. The highest BCUT2D eigenvalue weighted by atomic mass is 35.5. The van der Waals surface area contributed by atoms with Crippen molar-refractivity contribution in [2.24, 2.45) is 5.10 Å². The molecule has 35 heavy (non-hydrogen) atoms. The minimum atomic E-state index is -0.306. The molecule has 0 aliphatic heterocycles. The molecule has 174 valence electrons. The smallest absolute Gasteiger partial charge is 0.271 e. The Hall–Kier alpha value is -4.34. The number of nitriles is 1. The summed E-state index contributed by atoms with van der Waals surface area (Å²) < 4.78 is 7.99. The van der Waals surface area contributed by atoms with Gasteiger partial charge in [0.25, 0.3) is 5.91 Å². The Morgan fingerprint density at radius 3 is 2.51 bits per heavy atom. The monoisotopic (exact) mass is 482 g/mol. The molecule has 1 N–H and O–H groups in total. The SMILES string of the molecule is Cc1cc(/C=N\NC(=O)c2ccc(Cl)cc2)c(C)n1-c1ccc(OCc2ccccc2C#N)cc1. The molecule has 7 heteroatoms. The van der Waals surface area contributed by atoms with Crippen LogP contribution < -0.4 is 10.2 Å².